The molecule has 3 heterocycles. The average Bonchev–Trinajstić information content (AvgIpc) is 3.49. The number of nitrogens with zero attached hydrogens (tertiary/aromatic N) is 2. The van der Waals surface area contributed by atoms with E-state index >= 15 is 0 Å². The molecule has 39 heavy (non-hydrogen) atoms. The summed E-state index contributed by atoms with van der Waals surface area (Å²) in [6.07, 6.45) is 0. The third kappa shape index (κ3) is 4.27. The first-order valence-corrected chi connectivity index (χ1v) is 13.0. The van der Waals surface area contributed by atoms with Gasteiger partial charge in [-0.25, -0.2) is 9.78 Å². The van der Waals surface area contributed by atoms with Crippen LogP contribution in [0.5, 0.6) is 11.5 Å². The number of carbonyl (C=O) groups is 3. The zero-order chi connectivity index (χ0) is 27.3. The van der Waals surface area contributed by atoms with Gasteiger partial charge in [-0.15, -0.1) is 0 Å². The standard InChI is InChI=1S/C28H19ClN2O7S/c1-36-27(35)15-4-2-14(3-5-15)23-22(24(32)16-6-9-19-20(12-16)38-11-10-37-19)25(33)26(34)31(23)28-30-18-8-7-17(29)13-21(18)39-28/h2-9,12-13,23,32H,10-11H2,1H3/b24-22-. The molecule has 196 valence electrons. The van der Waals surface area contributed by atoms with E-state index in [9.17, 15) is 19.5 Å². The number of aliphatic hydroxyl groups excluding tert-OH is 1. The number of carbonyl (C=O) groups excluding carboxylic acids is 3. The number of ether oxygens (including phenoxy) is 3. The van der Waals surface area contributed by atoms with Crippen LogP contribution in [0, 0.1) is 0 Å². The lowest BCUT2D eigenvalue weighted by molar-refractivity contribution is -0.132. The number of thiazole rings is 1. The van der Waals surface area contributed by atoms with Gasteiger partial charge in [0.05, 0.1) is 34.5 Å². The summed E-state index contributed by atoms with van der Waals surface area (Å²) in [5.74, 6) is -1.69. The fraction of sp³-hybridized carbons (Fsp3) is 0.143. The number of aromatic nitrogens is 1. The summed E-state index contributed by atoms with van der Waals surface area (Å²) in [5, 5.41) is 12.2. The molecule has 0 radical (unpaired) electrons. The monoisotopic (exact) mass is 562 g/mol. The molecule has 0 bridgehead atoms. The predicted molar refractivity (Wildman–Crippen MR) is 145 cm³/mol. The summed E-state index contributed by atoms with van der Waals surface area (Å²) in [6.45, 7) is 0.744. The number of hydrogen-bond donors (Lipinski definition) is 1. The SMILES string of the molecule is COC(=O)c1ccc(C2/C(=C(/O)c3ccc4c(c3)OCCO4)C(=O)C(=O)N2c2nc3ccc(Cl)cc3s2)cc1. The fourth-order valence-electron chi connectivity index (χ4n) is 4.60. The van der Waals surface area contributed by atoms with Gasteiger partial charge in [0.25, 0.3) is 5.78 Å². The predicted octanol–water partition coefficient (Wildman–Crippen LogP) is 5.13. The average molecular weight is 563 g/mol. The first-order valence-electron chi connectivity index (χ1n) is 11.8. The maximum Gasteiger partial charge on any atom is 0.337 e. The second-order valence-electron chi connectivity index (χ2n) is 8.75. The highest BCUT2D eigenvalue weighted by molar-refractivity contribution is 7.22. The van der Waals surface area contributed by atoms with Crippen LogP contribution >= 0.6 is 22.9 Å². The van der Waals surface area contributed by atoms with Gasteiger partial charge >= 0.3 is 11.9 Å². The van der Waals surface area contributed by atoms with Crippen LogP contribution < -0.4 is 14.4 Å². The molecular formula is C28H19ClN2O7S. The van der Waals surface area contributed by atoms with Crippen LogP contribution in [-0.2, 0) is 14.3 Å². The number of anilines is 1. The van der Waals surface area contributed by atoms with Crippen LogP contribution in [0.4, 0.5) is 5.13 Å². The summed E-state index contributed by atoms with van der Waals surface area (Å²) in [5.41, 5.74) is 1.54. The normalized spacial score (nSPS) is 18.0. The molecule has 1 unspecified atom stereocenters. The Morgan fingerprint density at radius 2 is 1.74 bits per heavy atom. The van der Waals surface area contributed by atoms with Crippen LogP contribution in [-0.4, -0.2) is 48.1 Å². The van der Waals surface area contributed by atoms with Gasteiger partial charge in [-0.3, -0.25) is 14.5 Å². The largest absolute Gasteiger partial charge is 0.507 e. The lowest BCUT2D eigenvalue weighted by Gasteiger charge is -2.23. The van der Waals surface area contributed by atoms with Crippen LogP contribution in [0.3, 0.4) is 0 Å². The Morgan fingerprint density at radius 3 is 2.49 bits per heavy atom. The molecule has 1 N–H and O–H groups in total. The second-order valence-corrected chi connectivity index (χ2v) is 10.2. The van der Waals surface area contributed by atoms with Gasteiger partial charge in [-0.2, -0.15) is 0 Å². The van der Waals surface area contributed by atoms with Crippen molar-refractivity contribution in [1.82, 2.24) is 4.98 Å². The van der Waals surface area contributed by atoms with Gasteiger partial charge in [0.15, 0.2) is 16.6 Å². The highest BCUT2D eigenvalue weighted by atomic mass is 35.5. The highest BCUT2D eigenvalue weighted by Gasteiger charge is 2.48. The van der Waals surface area contributed by atoms with E-state index in [4.69, 9.17) is 25.8 Å². The molecule has 6 rings (SSSR count). The van der Waals surface area contributed by atoms with Crippen molar-refractivity contribution in [3.63, 3.8) is 0 Å². The number of esters is 1. The van der Waals surface area contributed by atoms with Crippen molar-refractivity contribution in [1.29, 1.82) is 0 Å². The van der Waals surface area contributed by atoms with E-state index in [0.717, 1.165) is 4.70 Å². The van der Waals surface area contributed by atoms with Crippen molar-refractivity contribution in [2.75, 3.05) is 25.2 Å². The molecule has 2 aliphatic rings. The molecule has 3 aromatic carbocycles. The Kier molecular flexibility index (Phi) is 6.20. The molecule has 0 spiro atoms. The molecule has 1 atom stereocenters. The zero-order valence-electron chi connectivity index (χ0n) is 20.3. The van der Waals surface area contributed by atoms with Gasteiger partial charge in [0.2, 0.25) is 0 Å². The van der Waals surface area contributed by atoms with Crippen molar-refractivity contribution in [2.45, 2.75) is 6.04 Å². The molecule has 1 aromatic heterocycles. The number of hydrogen-bond acceptors (Lipinski definition) is 9. The Hall–Kier alpha value is -4.41. The van der Waals surface area contributed by atoms with E-state index in [-0.39, 0.29) is 22.0 Å². The molecule has 1 saturated heterocycles. The lowest BCUT2D eigenvalue weighted by atomic mass is 9.94. The molecule has 4 aromatic rings. The van der Waals surface area contributed by atoms with E-state index in [1.54, 1.807) is 48.5 Å². The minimum absolute atomic E-state index is 0.125. The minimum atomic E-state index is -1.03. The summed E-state index contributed by atoms with van der Waals surface area (Å²) < 4.78 is 16.7. The highest BCUT2D eigenvalue weighted by Crippen LogP contribution is 2.45. The molecule has 0 saturated carbocycles. The maximum atomic E-state index is 13.5. The Balaban J connectivity index is 1.52. The Bertz CT molecular complexity index is 1700. The fourth-order valence-corrected chi connectivity index (χ4v) is 5.87. The first-order chi connectivity index (χ1) is 18.9. The number of rotatable bonds is 4. The van der Waals surface area contributed by atoms with Crippen molar-refractivity contribution < 1.29 is 33.7 Å². The summed E-state index contributed by atoms with van der Waals surface area (Å²) in [7, 11) is 1.28. The van der Waals surface area contributed by atoms with Crippen LogP contribution in [0.15, 0.2) is 66.2 Å². The molecular weight excluding hydrogens is 544 g/mol. The summed E-state index contributed by atoms with van der Waals surface area (Å²) in [4.78, 5) is 44.8. The molecule has 1 amide bonds. The van der Waals surface area contributed by atoms with Gasteiger partial charge in [0, 0.05) is 10.6 Å². The number of halogens is 1. The number of benzene rings is 3. The van der Waals surface area contributed by atoms with Crippen molar-refractivity contribution in [2.24, 2.45) is 0 Å². The second kappa shape index (κ2) is 9.72. The number of aliphatic hydroxyl groups is 1. The summed E-state index contributed by atoms with van der Waals surface area (Å²) in [6, 6.07) is 15.2. The third-order valence-corrected chi connectivity index (χ3v) is 7.71. The molecule has 9 nitrogen and oxygen atoms in total. The van der Waals surface area contributed by atoms with E-state index in [1.807, 2.05) is 0 Å². The Labute approximate surface area is 230 Å². The third-order valence-electron chi connectivity index (χ3n) is 6.45. The lowest BCUT2D eigenvalue weighted by Crippen LogP contribution is -2.29. The number of methoxy groups -OCH3 is 1. The number of ketones is 1. The topological polar surface area (TPSA) is 115 Å². The van der Waals surface area contributed by atoms with Crippen molar-refractivity contribution in [3.8, 4) is 11.5 Å². The number of fused-ring (bicyclic) bond motifs is 2. The molecule has 1 fully saturated rings. The maximum absolute atomic E-state index is 13.5. The number of amides is 1. The zero-order valence-corrected chi connectivity index (χ0v) is 21.9. The number of Topliss-reactive ketones (excluding diaryl/α,β-unsaturated/α-hetero) is 1. The van der Waals surface area contributed by atoms with Crippen molar-refractivity contribution in [3.05, 3.63) is 87.9 Å². The first kappa shape index (κ1) is 24.9. The van der Waals surface area contributed by atoms with Crippen molar-refractivity contribution >= 4 is 61.7 Å². The molecule has 0 aliphatic carbocycles. The van der Waals surface area contributed by atoms with Crippen LogP contribution in [0.25, 0.3) is 16.0 Å². The van der Waals surface area contributed by atoms with Gasteiger partial charge in [-0.05, 0) is 54.1 Å². The smallest absolute Gasteiger partial charge is 0.337 e. The van der Waals surface area contributed by atoms with Gasteiger partial charge in [-0.1, -0.05) is 35.1 Å². The van der Waals surface area contributed by atoms with Gasteiger partial charge in [0.1, 0.15) is 19.0 Å². The Morgan fingerprint density at radius 1 is 1.03 bits per heavy atom. The summed E-state index contributed by atoms with van der Waals surface area (Å²) >= 11 is 7.34. The van der Waals surface area contributed by atoms with E-state index < -0.39 is 23.7 Å². The van der Waals surface area contributed by atoms with Crippen LogP contribution in [0.2, 0.25) is 5.02 Å². The minimum Gasteiger partial charge on any atom is -0.507 e. The van der Waals surface area contributed by atoms with E-state index in [0.29, 0.717) is 46.4 Å². The van der Waals surface area contributed by atoms with Gasteiger partial charge < -0.3 is 19.3 Å². The molecule has 11 heteroatoms. The van der Waals surface area contributed by atoms with Crippen LogP contribution in [0.1, 0.15) is 27.5 Å². The quantitative estimate of drug-likeness (QED) is 0.157. The van der Waals surface area contributed by atoms with E-state index in [1.165, 1.54) is 35.5 Å². The van der Waals surface area contributed by atoms with E-state index in [2.05, 4.69) is 4.98 Å². The molecule has 2 aliphatic heterocycles.